The molecule has 1 amide bonds. The smallest absolute Gasteiger partial charge is 0.237 e. The van der Waals surface area contributed by atoms with Crippen molar-refractivity contribution < 1.29 is 13.6 Å². The quantitative estimate of drug-likeness (QED) is 0.793. The summed E-state index contributed by atoms with van der Waals surface area (Å²) in [4.78, 5) is 16.0. The Kier molecular flexibility index (Phi) is 3.82. The molecule has 1 unspecified atom stereocenters. The van der Waals surface area contributed by atoms with Crippen molar-refractivity contribution in [2.75, 3.05) is 18.0 Å². The zero-order valence-corrected chi connectivity index (χ0v) is 12.3. The third-order valence-corrected chi connectivity index (χ3v) is 4.00. The molecule has 1 fully saturated rings. The van der Waals surface area contributed by atoms with E-state index < -0.39 is 17.0 Å². The molecule has 0 aromatic heterocycles. The van der Waals surface area contributed by atoms with Gasteiger partial charge in [-0.15, -0.1) is 0 Å². The fraction of sp³-hybridized carbons (Fsp3) is 0.533. The first kappa shape index (κ1) is 14.9. The van der Waals surface area contributed by atoms with Crippen LogP contribution in [0.15, 0.2) is 18.2 Å². The highest BCUT2D eigenvalue weighted by molar-refractivity contribution is 6.05. The van der Waals surface area contributed by atoms with E-state index in [0.29, 0.717) is 5.69 Å². The summed E-state index contributed by atoms with van der Waals surface area (Å²) in [5.41, 5.74) is -0.109. The van der Waals surface area contributed by atoms with E-state index >= 15 is 0 Å². The van der Waals surface area contributed by atoms with Gasteiger partial charge in [-0.1, -0.05) is 13.8 Å². The molecular weight excluding hydrogens is 262 g/mol. The van der Waals surface area contributed by atoms with Crippen LogP contribution < -0.4 is 4.90 Å². The average molecular weight is 282 g/mol. The van der Waals surface area contributed by atoms with Crippen LogP contribution in [0, 0.1) is 17.0 Å². The predicted octanol–water partition coefficient (Wildman–Crippen LogP) is 3.01. The molecule has 1 heterocycles. The van der Waals surface area contributed by atoms with Crippen molar-refractivity contribution in [1.82, 2.24) is 4.90 Å². The van der Waals surface area contributed by atoms with E-state index in [0.717, 1.165) is 25.2 Å². The van der Waals surface area contributed by atoms with E-state index in [9.17, 15) is 13.6 Å². The number of β-lactam (4-membered cyclic amide) rings is 1. The van der Waals surface area contributed by atoms with Crippen LogP contribution in [0.2, 0.25) is 0 Å². The van der Waals surface area contributed by atoms with Crippen molar-refractivity contribution >= 4 is 11.6 Å². The van der Waals surface area contributed by atoms with Gasteiger partial charge in [-0.2, -0.15) is 0 Å². The molecule has 0 radical (unpaired) electrons. The summed E-state index contributed by atoms with van der Waals surface area (Å²) in [5.74, 6) is -1.90. The summed E-state index contributed by atoms with van der Waals surface area (Å²) < 4.78 is 26.4. The zero-order chi connectivity index (χ0) is 15.1. The van der Waals surface area contributed by atoms with Gasteiger partial charge < -0.3 is 0 Å². The molecule has 20 heavy (non-hydrogen) atoms. The Bertz CT molecular complexity index is 527. The lowest BCUT2D eigenvalue weighted by Gasteiger charge is -2.56. The molecule has 0 N–H and O–H groups in total. The maximum atomic E-state index is 13.4. The third kappa shape index (κ3) is 2.10. The van der Waals surface area contributed by atoms with Gasteiger partial charge in [-0.05, 0) is 39.1 Å². The maximum absolute atomic E-state index is 13.4. The van der Waals surface area contributed by atoms with Crippen molar-refractivity contribution in [3.8, 4) is 0 Å². The molecule has 0 spiro atoms. The minimum atomic E-state index is -0.932. The summed E-state index contributed by atoms with van der Waals surface area (Å²) >= 11 is 0. The lowest BCUT2D eigenvalue weighted by molar-refractivity contribution is -0.144. The molecule has 1 aliphatic heterocycles. The lowest BCUT2D eigenvalue weighted by Crippen LogP contribution is -2.73. The zero-order valence-electron chi connectivity index (χ0n) is 12.3. The Morgan fingerprint density at radius 1 is 1.20 bits per heavy atom. The van der Waals surface area contributed by atoms with Crippen molar-refractivity contribution in [3.63, 3.8) is 0 Å². The summed E-state index contributed by atoms with van der Waals surface area (Å²) in [6, 6.07) is 3.59. The summed E-state index contributed by atoms with van der Waals surface area (Å²) in [6.07, 6.45) is -0.130. The normalized spacial score (nSPS) is 21.2. The Morgan fingerprint density at radius 2 is 1.80 bits per heavy atom. The van der Waals surface area contributed by atoms with E-state index in [1.54, 1.807) is 4.90 Å². The molecule has 2 rings (SSSR count). The number of hydrogen-bond donors (Lipinski definition) is 0. The van der Waals surface area contributed by atoms with Crippen molar-refractivity contribution in [1.29, 1.82) is 0 Å². The van der Waals surface area contributed by atoms with Crippen molar-refractivity contribution in [2.24, 2.45) is 5.41 Å². The molecule has 1 aromatic rings. The number of carbonyl (C=O) groups is 1. The molecule has 5 heteroatoms. The number of amides is 1. The predicted molar refractivity (Wildman–Crippen MR) is 74.3 cm³/mol. The van der Waals surface area contributed by atoms with Crippen LogP contribution in [0.4, 0.5) is 14.5 Å². The molecular formula is C15H20F2N2O. The SMILES string of the molecule is CCN(CC)C1N(c2ccc(F)c(F)c2)C(=O)C1(C)C. The van der Waals surface area contributed by atoms with E-state index in [2.05, 4.69) is 4.90 Å². The first-order valence-corrected chi connectivity index (χ1v) is 6.87. The highest BCUT2D eigenvalue weighted by Gasteiger charge is 2.56. The highest BCUT2D eigenvalue weighted by Crippen LogP contribution is 2.43. The van der Waals surface area contributed by atoms with Crippen LogP contribution in [-0.4, -0.2) is 30.1 Å². The number of anilines is 1. The van der Waals surface area contributed by atoms with E-state index in [1.165, 1.54) is 6.07 Å². The van der Waals surface area contributed by atoms with Crippen LogP contribution in [-0.2, 0) is 4.79 Å². The molecule has 0 saturated carbocycles. The summed E-state index contributed by atoms with van der Waals surface area (Å²) in [7, 11) is 0. The molecule has 110 valence electrons. The first-order valence-electron chi connectivity index (χ1n) is 6.87. The van der Waals surface area contributed by atoms with Gasteiger partial charge in [-0.25, -0.2) is 8.78 Å². The number of carbonyl (C=O) groups excluding carboxylic acids is 1. The standard InChI is InChI=1S/C15H20F2N2O/c1-5-18(6-2)13-15(3,4)14(20)19(13)10-7-8-11(16)12(17)9-10/h7-9,13H,5-6H2,1-4H3. The Labute approximate surface area is 118 Å². The molecule has 1 saturated heterocycles. The number of hydrogen-bond acceptors (Lipinski definition) is 2. The number of benzene rings is 1. The number of nitrogens with zero attached hydrogens (tertiary/aromatic N) is 2. The summed E-state index contributed by atoms with van der Waals surface area (Å²) in [6.45, 7) is 9.39. The fourth-order valence-corrected chi connectivity index (χ4v) is 2.87. The van der Waals surface area contributed by atoms with Gasteiger partial charge in [0.1, 0.15) is 6.17 Å². The van der Waals surface area contributed by atoms with E-state index in [1.807, 2.05) is 27.7 Å². The highest BCUT2D eigenvalue weighted by atomic mass is 19.2. The van der Waals surface area contributed by atoms with Gasteiger partial charge in [0.25, 0.3) is 0 Å². The molecule has 1 aromatic carbocycles. The third-order valence-electron chi connectivity index (χ3n) is 4.00. The second-order valence-electron chi connectivity index (χ2n) is 5.59. The molecule has 3 nitrogen and oxygen atoms in total. The molecule has 1 atom stereocenters. The minimum Gasteiger partial charge on any atom is -0.294 e. The van der Waals surface area contributed by atoms with E-state index in [-0.39, 0.29) is 12.1 Å². The fourth-order valence-electron chi connectivity index (χ4n) is 2.87. The van der Waals surface area contributed by atoms with Gasteiger partial charge in [-0.3, -0.25) is 14.6 Å². The number of rotatable bonds is 4. The molecule has 0 aliphatic carbocycles. The Morgan fingerprint density at radius 3 is 2.30 bits per heavy atom. The monoisotopic (exact) mass is 282 g/mol. The van der Waals surface area contributed by atoms with Crippen LogP contribution in [0.5, 0.6) is 0 Å². The van der Waals surface area contributed by atoms with Crippen LogP contribution >= 0.6 is 0 Å². The van der Waals surface area contributed by atoms with Crippen molar-refractivity contribution in [2.45, 2.75) is 33.9 Å². The van der Waals surface area contributed by atoms with Gasteiger partial charge in [0.2, 0.25) is 5.91 Å². The van der Waals surface area contributed by atoms with Gasteiger partial charge in [0, 0.05) is 11.8 Å². The first-order chi connectivity index (χ1) is 9.34. The van der Waals surface area contributed by atoms with Gasteiger partial charge in [0.15, 0.2) is 11.6 Å². The number of halogens is 2. The molecule has 1 aliphatic rings. The van der Waals surface area contributed by atoms with Gasteiger partial charge >= 0.3 is 0 Å². The largest absolute Gasteiger partial charge is 0.294 e. The minimum absolute atomic E-state index is 0.0691. The second-order valence-corrected chi connectivity index (χ2v) is 5.59. The van der Waals surface area contributed by atoms with Gasteiger partial charge in [0.05, 0.1) is 5.41 Å². The summed E-state index contributed by atoms with van der Waals surface area (Å²) in [5, 5.41) is 0. The lowest BCUT2D eigenvalue weighted by atomic mass is 9.77. The van der Waals surface area contributed by atoms with Crippen LogP contribution in [0.1, 0.15) is 27.7 Å². The van der Waals surface area contributed by atoms with E-state index in [4.69, 9.17) is 0 Å². The average Bonchev–Trinajstić information content (AvgIpc) is 2.42. The van der Waals surface area contributed by atoms with Crippen molar-refractivity contribution in [3.05, 3.63) is 29.8 Å². The second kappa shape index (κ2) is 5.13. The maximum Gasteiger partial charge on any atom is 0.237 e. The molecule has 0 bridgehead atoms. The Hall–Kier alpha value is -1.49. The van der Waals surface area contributed by atoms with Crippen LogP contribution in [0.3, 0.4) is 0 Å². The Balaban J connectivity index is 2.38. The topological polar surface area (TPSA) is 23.6 Å². The van der Waals surface area contributed by atoms with Crippen LogP contribution in [0.25, 0.3) is 0 Å².